The monoisotopic (exact) mass is 276 g/mol. The average Bonchev–Trinajstić information content (AvgIpc) is 2.39. The van der Waals surface area contributed by atoms with E-state index in [2.05, 4.69) is 0 Å². The smallest absolute Gasteiger partial charge is 0.138 e. The third-order valence-corrected chi connectivity index (χ3v) is 3.63. The highest BCUT2D eigenvalue weighted by Crippen LogP contribution is 2.28. The highest BCUT2D eigenvalue weighted by atomic mass is 32.2. The van der Waals surface area contributed by atoms with Crippen LogP contribution in [0.1, 0.15) is 11.1 Å². The maximum Gasteiger partial charge on any atom is 0.138 e. The first kappa shape index (κ1) is 13.4. The Kier molecular flexibility index (Phi) is 4.03. The molecule has 96 valence electrons. The normalized spacial score (nSPS) is 10.2. The van der Waals surface area contributed by atoms with Gasteiger partial charge in [0, 0.05) is 16.3 Å². The van der Waals surface area contributed by atoms with Gasteiger partial charge in [-0.1, -0.05) is 6.07 Å². The van der Waals surface area contributed by atoms with Crippen molar-refractivity contribution in [1.29, 1.82) is 5.26 Å². The maximum atomic E-state index is 13.6. The van der Waals surface area contributed by atoms with Crippen molar-refractivity contribution in [3.63, 3.8) is 0 Å². The van der Waals surface area contributed by atoms with Gasteiger partial charge in [0.2, 0.25) is 0 Å². The number of hydrogen-bond acceptors (Lipinski definition) is 3. The van der Waals surface area contributed by atoms with E-state index in [1.165, 1.54) is 36.0 Å². The van der Waals surface area contributed by atoms with Crippen molar-refractivity contribution in [2.24, 2.45) is 0 Å². The lowest BCUT2D eigenvalue weighted by Gasteiger charge is -2.06. The van der Waals surface area contributed by atoms with Crippen LogP contribution in [0.15, 0.2) is 41.3 Å². The highest BCUT2D eigenvalue weighted by Gasteiger charge is 2.07. The maximum absolute atomic E-state index is 13.6. The Labute approximate surface area is 113 Å². The fourth-order valence-corrected chi connectivity index (χ4v) is 2.49. The first-order valence-corrected chi connectivity index (χ1v) is 6.45. The van der Waals surface area contributed by atoms with E-state index >= 15 is 0 Å². The predicted molar refractivity (Wildman–Crippen MR) is 71.5 cm³/mol. The second-order valence-corrected chi connectivity index (χ2v) is 4.91. The molecule has 5 heteroatoms. The summed E-state index contributed by atoms with van der Waals surface area (Å²) in [7, 11) is 0. The second-order valence-electron chi connectivity index (χ2n) is 3.89. The standard InChI is InChI=1S/C14H10F2N2S/c15-11-2-1-9(10(5-11)7-17)8-19-14-4-3-12(18)6-13(14)16/h1-6H,8,18H2. The molecule has 2 nitrogen and oxygen atoms in total. The number of halogens is 2. The van der Waals surface area contributed by atoms with Gasteiger partial charge in [-0.15, -0.1) is 11.8 Å². The van der Waals surface area contributed by atoms with E-state index in [1.54, 1.807) is 12.1 Å². The minimum atomic E-state index is -0.455. The lowest BCUT2D eigenvalue weighted by Crippen LogP contribution is -1.91. The number of nitrogen functional groups attached to an aromatic ring is 1. The molecule has 0 spiro atoms. The Balaban J connectivity index is 2.17. The summed E-state index contributed by atoms with van der Waals surface area (Å²) < 4.78 is 26.5. The fourth-order valence-electron chi connectivity index (χ4n) is 1.57. The molecule has 0 saturated heterocycles. The van der Waals surface area contributed by atoms with E-state index in [9.17, 15) is 8.78 Å². The number of hydrogen-bond donors (Lipinski definition) is 1. The van der Waals surface area contributed by atoms with E-state index in [4.69, 9.17) is 11.0 Å². The van der Waals surface area contributed by atoms with Gasteiger partial charge in [0.25, 0.3) is 0 Å². The van der Waals surface area contributed by atoms with Crippen molar-refractivity contribution in [2.45, 2.75) is 10.6 Å². The Morgan fingerprint density at radius 2 is 1.95 bits per heavy atom. The molecule has 0 amide bonds. The zero-order chi connectivity index (χ0) is 13.8. The van der Waals surface area contributed by atoms with Gasteiger partial charge in [-0.05, 0) is 35.9 Å². The minimum absolute atomic E-state index is 0.267. The third-order valence-electron chi connectivity index (χ3n) is 2.53. The zero-order valence-electron chi connectivity index (χ0n) is 9.86. The molecule has 2 N–H and O–H groups in total. The van der Waals surface area contributed by atoms with Gasteiger partial charge in [-0.2, -0.15) is 5.26 Å². The molecule has 0 atom stereocenters. The van der Waals surface area contributed by atoms with E-state index in [0.717, 1.165) is 0 Å². The van der Waals surface area contributed by atoms with Gasteiger partial charge < -0.3 is 5.73 Å². The van der Waals surface area contributed by atoms with Gasteiger partial charge in [0.05, 0.1) is 11.6 Å². The third kappa shape index (κ3) is 3.24. The first-order chi connectivity index (χ1) is 9.10. The molecule has 0 fully saturated rings. The number of rotatable bonds is 3. The van der Waals surface area contributed by atoms with Crippen LogP contribution in [0, 0.1) is 23.0 Å². The van der Waals surface area contributed by atoms with Crippen LogP contribution in [-0.4, -0.2) is 0 Å². The van der Waals surface area contributed by atoms with Gasteiger partial charge in [-0.25, -0.2) is 8.78 Å². The second kappa shape index (κ2) is 5.72. The number of nitriles is 1. The Hall–Kier alpha value is -2.06. The highest BCUT2D eigenvalue weighted by molar-refractivity contribution is 7.98. The van der Waals surface area contributed by atoms with Crippen LogP contribution < -0.4 is 5.73 Å². The number of benzene rings is 2. The lowest BCUT2D eigenvalue weighted by atomic mass is 10.1. The van der Waals surface area contributed by atoms with E-state index in [0.29, 0.717) is 21.9 Å². The van der Waals surface area contributed by atoms with E-state index in [1.807, 2.05) is 6.07 Å². The Morgan fingerprint density at radius 1 is 1.16 bits per heavy atom. The van der Waals surface area contributed by atoms with Crippen LogP contribution in [0.5, 0.6) is 0 Å². The predicted octanol–water partition coefficient (Wildman–Crippen LogP) is 3.71. The molecule has 0 radical (unpaired) electrons. The summed E-state index contributed by atoms with van der Waals surface area (Å²) in [5, 5.41) is 8.91. The van der Waals surface area contributed by atoms with Crippen molar-refractivity contribution < 1.29 is 8.78 Å². The van der Waals surface area contributed by atoms with Crippen LogP contribution in [0.25, 0.3) is 0 Å². The zero-order valence-corrected chi connectivity index (χ0v) is 10.7. The van der Waals surface area contributed by atoms with Crippen LogP contribution in [0.2, 0.25) is 0 Å². The largest absolute Gasteiger partial charge is 0.399 e. The molecular weight excluding hydrogens is 266 g/mol. The number of nitrogens with zero attached hydrogens (tertiary/aromatic N) is 1. The summed E-state index contributed by atoms with van der Waals surface area (Å²) in [5.74, 6) is -0.459. The van der Waals surface area contributed by atoms with Gasteiger partial charge in [0.15, 0.2) is 0 Å². The van der Waals surface area contributed by atoms with Crippen LogP contribution in [0.3, 0.4) is 0 Å². The van der Waals surface area contributed by atoms with E-state index < -0.39 is 11.6 Å². The molecule has 0 aromatic heterocycles. The van der Waals surface area contributed by atoms with Crippen LogP contribution in [-0.2, 0) is 5.75 Å². The van der Waals surface area contributed by atoms with Crippen LogP contribution in [0.4, 0.5) is 14.5 Å². The summed E-state index contributed by atoms with van der Waals surface area (Å²) in [6, 6.07) is 10.4. The Bertz CT molecular complexity index is 650. The number of anilines is 1. The molecule has 2 aromatic carbocycles. The van der Waals surface area contributed by atoms with Crippen molar-refractivity contribution in [3.05, 3.63) is 59.2 Å². The molecule has 2 aromatic rings. The molecule has 0 saturated carbocycles. The van der Waals surface area contributed by atoms with Gasteiger partial charge >= 0.3 is 0 Å². The summed E-state index contributed by atoms with van der Waals surface area (Å²) in [6.07, 6.45) is 0. The first-order valence-electron chi connectivity index (χ1n) is 5.46. The van der Waals surface area contributed by atoms with Crippen molar-refractivity contribution in [3.8, 4) is 6.07 Å². The SMILES string of the molecule is N#Cc1cc(F)ccc1CSc1ccc(N)cc1F. The van der Waals surface area contributed by atoms with Crippen molar-refractivity contribution in [2.75, 3.05) is 5.73 Å². The fraction of sp³-hybridized carbons (Fsp3) is 0.0714. The molecule has 0 bridgehead atoms. The topological polar surface area (TPSA) is 49.8 Å². The van der Waals surface area contributed by atoms with Gasteiger partial charge in [-0.3, -0.25) is 0 Å². The quantitative estimate of drug-likeness (QED) is 0.686. The summed E-state index contributed by atoms with van der Waals surface area (Å²) in [6.45, 7) is 0. The number of nitrogens with two attached hydrogens (primary N) is 1. The van der Waals surface area contributed by atoms with Crippen molar-refractivity contribution in [1.82, 2.24) is 0 Å². The van der Waals surface area contributed by atoms with E-state index in [-0.39, 0.29) is 5.56 Å². The lowest BCUT2D eigenvalue weighted by molar-refractivity contribution is 0.602. The molecule has 0 heterocycles. The van der Waals surface area contributed by atoms with Crippen molar-refractivity contribution >= 4 is 17.4 Å². The number of thioether (sulfide) groups is 1. The molecule has 0 aliphatic heterocycles. The molecule has 0 aliphatic rings. The Morgan fingerprint density at radius 3 is 2.63 bits per heavy atom. The molecular formula is C14H10F2N2S. The molecule has 0 aliphatic carbocycles. The van der Waals surface area contributed by atoms with Gasteiger partial charge in [0.1, 0.15) is 11.6 Å². The molecule has 19 heavy (non-hydrogen) atoms. The summed E-state index contributed by atoms with van der Waals surface area (Å²) in [5.41, 5.74) is 6.76. The minimum Gasteiger partial charge on any atom is -0.399 e. The summed E-state index contributed by atoms with van der Waals surface area (Å²) in [4.78, 5) is 0.447. The molecule has 2 rings (SSSR count). The summed E-state index contributed by atoms with van der Waals surface area (Å²) >= 11 is 1.24. The average molecular weight is 276 g/mol. The van der Waals surface area contributed by atoms with Crippen LogP contribution >= 0.6 is 11.8 Å². The molecule has 0 unspecified atom stereocenters.